The number of nitrogens with two attached hydrogens (primary N) is 1. The molecule has 2 aliphatic rings. The third-order valence-electron chi connectivity index (χ3n) is 4.56. The fraction of sp³-hybridized carbons (Fsp3) is 0.500. The van der Waals surface area contributed by atoms with E-state index >= 15 is 0 Å². The second-order valence-corrected chi connectivity index (χ2v) is 7.95. The van der Waals surface area contributed by atoms with E-state index in [1.807, 2.05) is 22.9 Å². The maximum atomic E-state index is 12.9. The highest BCUT2D eigenvalue weighted by Gasteiger charge is 2.32. The van der Waals surface area contributed by atoms with Crippen LogP contribution in [0.4, 0.5) is 5.82 Å². The van der Waals surface area contributed by atoms with Crippen LogP contribution in [0.25, 0.3) is 11.2 Å². The lowest BCUT2D eigenvalue weighted by Crippen LogP contribution is -2.54. The number of H-pyrrole nitrogens is 1. The molecule has 2 aliphatic heterocycles. The minimum absolute atomic E-state index is 0. The van der Waals surface area contributed by atoms with Crippen molar-refractivity contribution in [2.75, 3.05) is 30.3 Å². The largest absolute Gasteiger partial charge is 0.340 e. The van der Waals surface area contributed by atoms with Gasteiger partial charge in [0.25, 0.3) is 5.91 Å². The van der Waals surface area contributed by atoms with Gasteiger partial charge < -0.3 is 20.5 Å². The minimum Gasteiger partial charge on any atom is -0.340 e. The quantitative estimate of drug-likeness (QED) is 0.794. The van der Waals surface area contributed by atoms with E-state index in [2.05, 4.69) is 19.9 Å². The molecule has 0 bridgehead atoms. The molecule has 0 radical (unpaired) electrons. The molecular weight excluding hydrogens is 374 g/mol. The molecular formula is C16H22ClN7OS. The number of piperidine rings is 1. The first-order valence-corrected chi connectivity index (χ1v) is 9.36. The van der Waals surface area contributed by atoms with Crippen LogP contribution in [-0.4, -0.2) is 61.7 Å². The van der Waals surface area contributed by atoms with E-state index in [4.69, 9.17) is 5.73 Å². The molecule has 3 N–H and O–H groups in total. The second-order valence-electron chi connectivity index (χ2n) is 6.82. The van der Waals surface area contributed by atoms with Gasteiger partial charge in [0, 0.05) is 37.1 Å². The third kappa shape index (κ3) is 3.65. The number of amides is 1. The van der Waals surface area contributed by atoms with Crippen molar-refractivity contribution < 1.29 is 4.79 Å². The van der Waals surface area contributed by atoms with Gasteiger partial charge in [-0.3, -0.25) is 4.79 Å². The Labute approximate surface area is 162 Å². The lowest BCUT2D eigenvalue weighted by molar-refractivity contribution is -0.128. The van der Waals surface area contributed by atoms with E-state index in [-0.39, 0.29) is 23.9 Å². The molecule has 1 amide bonds. The van der Waals surface area contributed by atoms with E-state index in [1.165, 1.54) is 6.33 Å². The molecule has 1 saturated heterocycles. The summed E-state index contributed by atoms with van der Waals surface area (Å²) in [5.74, 6) is 1.63. The number of nitrogens with one attached hydrogen (secondary N) is 1. The fourth-order valence-electron chi connectivity index (χ4n) is 3.35. The summed E-state index contributed by atoms with van der Waals surface area (Å²) in [4.78, 5) is 33.3. The summed E-state index contributed by atoms with van der Waals surface area (Å²) in [6, 6.07) is 0. The van der Waals surface area contributed by atoms with Gasteiger partial charge in [-0.25, -0.2) is 15.0 Å². The Hall–Kier alpha value is -1.84. The number of aromatic amines is 1. The number of aromatic nitrogens is 4. The number of carbonyl (C=O) groups is 1. The molecule has 0 saturated carbocycles. The number of halogens is 1. The van der Waals surface area contributed by atoms with E-state index in [9.17, 15) is 4.79 Å². The summed E-state index contributed by atoms with van der Waals surface area (Å²) in [7, 11) is 0. The van der Waals surface area contributed by atoms with Crippen molar-refractivity contribution >= 4 is 47.1 Å². The molecule has 1 fully saturated rings. The first-order valence-electron chi connectivity index (χ1n) is 8.37. The fourth-order valence-corrected chi connectivity index (χ4v) is 4.31. The van der Waals surface area contributed by atoms with Gasteiger partial charge >= 0.3 is 0 Å². The molecule has 0 aromatic carbocycles. The van der Waals surface area contributed by atoms with E-state index < -0.39 is 0 Å². The van der Waals surface area contributed by atoms with Crippen molar-refractivity contribution in [3.05, 3.63) is 23.8 Å². The van der Waals surface area contributed by atoms with Gasteiger partial charge in [0.05, 0.1) is 11.2 Å². The molecule has 4 rings (SSSR count). The van der Waals surface area contributed by atoms with Crippen molar-refractivity contribution in [3.8, 4) is 0 Å². The highest BCUT2D eigenvalue weighted by atomic mass is 35.5. The zero-order chi connectivity index (χ0) is 17.4. The highest BCUT2D eigenvalue weighted by Crippen LogP contribution is 2.30. The summed E-state index contributed by atoms with van der Waals surface area (Å²) in [6.45, 7) is 4.15. The van der Waals surface area contributed by atoms with Crippen LogP contribution in [-0.2, 0) is 4.79 Å². The average Bonchev–Trinajstić information content (AvgIpc) is 3.09. The normalized spacial score (nSPS) is 23.5. The Morgan fingerprint density at radius 2 is 2.19 bits per heavy atom. The molecule has 2 aromatic heterocycles. The predicted octanol–water partition coefficient (Wildman–Crippen LogP) is 1.51. The Morgan fingerprint density at radius 1 is 1.35 bits per heavy atom. The first kappa shape index (κ1) is 18.9. The van der Waals surface area contributed by atoms with Gasteiger partial charge in [0.2, 0.25) is 0 Å². The Balaban J connectivity index is 0.00000196. The van der Waals surface area contributed by atoms with Gasteiger partial charge in [0.15, 0.2) is 11.5 Å². The van der Waals surface area contributed by atoms with Crippen LogP contribution in [0.1, 0.15) is 19.8 Å². The smallest absolute Gasteiger partial charge is 0.261 e. The third-order valence-corrected chi connectivity index (χ3v) is 5.54. The number of thioether (sulfide) groups is 1. The summed E-state index contributed by atoms with van der Waals surface area (Å²) < 4.78 is 0. The van der Waals surface area contributed by atoms with Crippen LogP contribution in [0.3, 0.4) is 0 Å². The standard InChI is InChI=1S/C16H21N7OS.ClH/c1-16(17)3-2-4-23(8-16)15(24)11-7-22(5-6-25-11)14-12-13(19-9-18-12)20-10-21-14;/h7,9-10H,2-6,8,17H2,1H3,(H,18,19,20,21);1H/t16-;/m1./s1. The van der Waals surface area contributed by atoms with Crippen molar-refractivity contribution in [2.45, 2.75) is 25.3 Å². The monoisotopic (exact) mass is 395 g/mol. The molecule has 8 nitrogen and oxygen atoms in total. The van der Waals surface area contributed by atoms with Crippen molar-refractivity contribution in [2.24, 2.45) is 5.73 Å². The summed E-state index contributed by atoms with van der Waals surface area (Å²) in [5.41, 5.74) is 7.35. The van der Waals surface area contributed by atoms with Gasteiger partial charge in [-0.05, 0) is 19.8 Å². The van der Waals surface area contributed by atoms with Crippen LogP contribution in [0, 0.1) is 0 Å². The first-order chi connectivity index (χ1) is 12.0. The van der Waals surface area contributed by atoms with Crippen LogP contribution < -0.4 is 10.6 Å². The molecule has 4 heterocycles. The summed E-state index contributed by atoms with van der Waals surface area (Å²) in [6.07, 6.45) is 6.89. The van der Waals surface area contributed by atoms with Crippen LogP contribution in [0.5, 0.6) is 0 Å². The number of hydrogen-bond donors (Lipinski definition) is 2. The number of hydrogen-bond acceptors (Lipinski definition) is 7. The van der Waals surface area contributed by atoms with Crippen LogP contribution in [0.15, 0.2) is 23.8 Å². The number of imidazole rings is 1. The number of nitrogens with zero attached hydrogens (tertiary/aromatic N) is 5. The second kappa shape index (κ2) is 7.42. The lowest BCUT2D eigenvalue weighted by Gasteiger charge is -2.38. The van der Waals surface area contributed by atoms with Gasteiger partial charge in [-0.1, -0.05) is 0 Å². The molecule has 0 aliphatic carbocycles. The molecule has 10 heteroatoms. The summed E-state index contributed by atoms with van der Waals surface area (Å²) >= 11 is 1.59. The lowest BCUT2D eigenvalue weighted by atomic mass is 9.92. The van der Waals surface area contributed by atoms with E-state index in [0.29, 0.717) is 12.2 Å². The Bertz CT molecular complexity index is 837. The highest BCUT2D eigenvalue weighted by molar-refractivity contribution is 8.04. The topological polar surface area (TPSA) is 104 Å². The van der Waals surface area contributed by atoms with Crippen LogP contribution >= 0.6 is 24.2 Å². The van der Waals surface area contributed by atoms with E-state index in [0.717, 1.165) is 47.9 Å². The maximum absolute atomic E-state index is 12.9. The van der Waals surface area contributed by atoms with Crippen molar-refractivity contribution in [1.82, 2.24) is 24.8 Å². The molecule has 0 spiro atoms. The predicted molar refractivity (Wildman–Crippen MR) is 105 cm³/mol. The Morgan fingerprint density at radius 3 is 3.00 bits per heavy atom. The number of fused-ring (bicyclic) bond motifs is 1. The van der Waals surface area contributed by atoms with Crippen LogP contribution in [0.2, 0.25) is 0 Å². The van der Waals surface area contributed by atoms with E-state index in [1.54, 1.807) is 18.1 Å². The molecule has 0 unspecified atom stereocenters. The van der Waals surface area contributed by atoms with Gasteiger partial charge in [-0.15, -0.1) is 24.2 Å². The maximum Gasteiger partial charge on any atom is 0.261 e. The zero-order valence-electron chi connectivity index (χ0n) is 14.5. The molecule has 26 heavy (non-hydrogen) atoms. The number of carbonyl (C=O) groups excluding carboxylic acids is 1. The summed E-state index contributed by atoms with van der Waals surface area (Å²) in [5, 5.41) is 0. The number of rotatable bonds is 2. The number of likely N-dealkylation sites (tertiary alicyclic amines) is 1. The molecule has 1 atom stereocenters. The zero-order valence-corrected chi connectivity index (χ0v) is 16.1. The SMILES string of the molecule is C[C@@]1(N)CCCN(C(=O)C2=CN(c3ncnc4nc[nH]c34)CCS2)C1.Cl. The van der Waals surface area contributed by atoms with Crippen molar-refractivity contribution in [1.29, 1.82) is 0 Å². The van der Waals surface area contributed by atoms with Gasteiger partial charge in [0.1, 0.15) is 11.8 Å². The number of anilines is 1. The molecule has 2 aromatic rings. The van der Waals surface area contributed by atoms with Gasteiger partial charge in [-0.2, -0.15) is 0 Å². The van der Waals surface area contributed by atoms with Crippen molar-refractivity contribution in [3.63, 3.8) is 0 Å². The molecule has 140 valence electrons. The average molecular weight is 396 g/mol. The minimum atomic E-state index is -0.303. The Kier molecular flexibility index (Phi) is 5.40.